The molecule has 0 fully saturated rings. The first-order chi connectivity index (χ1) is 11.4. The van der Waals surface area contributed by atoms with E-state index in [2.05, 4.69) is 64.3 Å². The van der Waals surface area contributed by atoms with Crippen LogP contribution in [-0.2, 0) is 0 Å². The molecule has 0 saturated carbocycles. The van der Waals surface area contributed by atoms with Gasteiger partial charge in [-0.05, 0) is 75.3 Å². The molecule has 0 bridgehead atoms. The zero-order chi connectivity index (χ0) is 17.7. The van der Waals surface area contributed by atoms with Gasteiger partial charge in [0.15, 0.2) is 0 Å². The molecule has 0 unspecified atom stereocenters. The summed E-state index contributed by atoms with van der Waals surface area (Å²) in [7, 11) is 0. The maximum absolute atomic E-state index is 3.69. The first-order valence-corrected chi connectivity index (χ1v) is 10.1. The van der Waals surface area contributed by atoms with Gasteiger partial charge in [0.05, 0.1) is 0 Å². The van der Waals surface area contributed by atoms with Crippen molar-refractivity contribution in [2.45, 2.75) is 54.4 Å². The normalized spacial score (nSPS) is 37.1. The lowest BCUT2D eigenvalue weighted by Gasteiger charge is -2.34. The minimum atomic E-state index is 0.716. The van der Waals surface area contributed by atoms with Gasteiger partial charge in [-0.25, -0.2) is 0 Å². The molecule has 0 heterocycles. The van der Waals surface area contributed by atoms with Crippen molar-refractivity contribution in [2.24, 2.45) is 35.5 Å². The number of allylic oxidation sites excluding steroid dienone is 4. The second-order valence-electron chi connectivity index (χ2n) is 8.84. The van der Waals surface area contributed by atoms with Gasteiger partial charge in [-0.2, -0.15) is 0 Å². The fourth-order valence-corrected chi connectivity index (χ4v) is 5.12. The number of hydrogen-bond acceptors (Lipinski definition) is 2. The van der Waals surface area contributed by atoms with Crippen LogP contribution in [0.1, 0.15) is 54.4 Å². The molecule has 2 nitrogen and oxygen atoms in total. The Morgan fingerprint density at radius 1 is 0.750 bits per heavy atom. The Bertz CT molecular complexity index is 409. The van der Waals surface area contributed by atoms with Gasteiger partial charge in [0, 0.05) is 13.1 Å². The highest BCUT2D eigenvalue weighted by molar-refractivity contribution is 5.09. The van der Waals surface area contributed by atoms with Gasteiger partial charge in [-0.3, -0.25) is 0 Å². The van der Waals surface area contributed by atoms with E-state index in [-0.39, 0.29) is 0 Å². The van der Waals surface area contributed by atoms with E-state index in [9.17, 15) is 0 Å². The Balaban J connectivity index is 1.62. The SMILES string of the molecule is CC1=C[C@H](C)[C@H](CNCCNC[C@@H]2[C@H](C)C=C(C)C[C@@H]2C)[C@H](C)C1. The minimum absolute atomic E-state index is 0.716. The molecule has 0 spiro atoms. The van der Waals surface area contributed by atoms with Crippen LogP contribution in [0, 0.1) is 35.5 Å². The standard InChI is InChI=1S/C22H40N2/c1-15-9-17(3)21(18(4)10-15)13-23-7-8-24-14-22-19(5)11-16(2)12-20(22)6/h9,11,17-24H,7-8,10,12-14H2,1-6H3/t17-,18+,19+,20-,21-,22+. The maximum Gasteiger partial charge on any atom is 0.00768 e. The molecule has 6 atom stereocenters. The maximum atomic E-state index is 3.69. The van der Waals surface area contributed by atoms with E-state index in [4.69, 9.17) is 0 Å². The van der Waals surface area contributed by atoms with Crippen molar-refractivity contribution in [1.82, 2.24) is 10.6 Å². The van der Waals surface area contributed by atoms with E-state index < -0.39 is 0 Å². The molecular weight excluding hydrogens is 292 g/mol. The Kier molecular flexibility index (Phi) is 7.56. The largest absolute Gasteiger partial charge is 0.315 e. The lowest BCUT2D eigenvalue weighted by molar-refractivity contribution is 0.253. The van der Waals surface area contributed by atoms with Crippen molar-refractivity contribution < 1.29 is 0 Å². The Morgan fingerprint density at radius 2 is 1.12 bits per heavy atom. The highest BCUT2D eigenvalue weighted by Gasteiger charge is 2.27. The Morgan fingerprint density at radius 3 is 1.46 bits per heavy atom. The second-order valence-corrected chi connectivity index (χ2v) is 8.84. The lowest BCUT2D eigenvalue weighted by atomic mass is 9.75. The first kappa shape index (κ1) is 19.7. The Hall–Kier alpha value is -0.600. The molecular formula is C22H40N2. The monoisotopic (exact) mass is 332 g/mol. The van der Waals surface area contributed by atoms with E-state index in [1.165, 1.54) is 12.8 Å². The van der Waals surface area contributed by atoms with Gasteiger partial charge in [0.25, 0.3) is 0 Å². The zero-order valence-electron chi connectivity index (χ0n) is 16.9. The predicted octanol–water partition coefficient (Wildman–Crippen LogP) is 4.64. The quantitative estimate of drug-likeness (QED) is 0.524. The van der Waals surface area contributed by atoms with Crippen molar-refractivity contribution >= 4 is 0 Å². The average Bonchev–Trinajstić information content (AvgIpc) is 2.46. The molecule has 0 aliphatic heterocycles. The van der Waals surface area contributed by atoms with Crippen molar-refractivity contribution in [2.75, 3.05) is 26.2 Å². The van der Waals surface area contributed by atoms with Gasteiger partial charge in [-0.15, -0.1) is 0 Å². The van der Waals surface area contributed by atoms with E-state index in [1.54, 1.807) is 11.1 Å². The summed E-state index contributed by atoms with van der Waals surface area (Å²) >= 11 is 0. The summed E-state index contributed by atoms with van der Waals surface area (Å²) in [5, 5.41) is 7.39. The van der Waals surface area contributed by atoms with Crippen LogP contribution in [-0.4, -0.2) is 26.2 Å². The van der Waals surface area contributed by atoms with Crippen LogP contribution < -0.4 is 10.6 Å². The molecule has 0 aromatic heterocycles. The summed E-state index contributed by atoms with van der Waals surface area (Å²) in [6.07, 6.45) is 7.51. The molecule has 2 N–H and O–H groups in total. The van der Waals surface area contributed by atoms with Crippen molar-refractivity contribution in [1.29, 1.82) is 0 Å². The van der Waals surface area contributed by atoms with Gasteiger partial charge in [0.1, 0.15) is 0 Å². The summed E-state index contributed by atoms with van der Waals surface area (Å²) in [5.41, 5.74) is 3.15. The summed E-state index contributed by atoms with van der Waals surface area (Å²) in [4.78, 5) is 0. The van der Waals surface area contributed by atoms with Gasteiger partial charge >= 0.3 is 0 Å². The van der Waals surface area contributed by atoms with E-state index in [1.807, 2.05) is 0 Å². The van der Waals surface area contributed by atoms with E-state index in [0.717, 1.165) is 49.9 Å². The van der Waals surface area contributed by atoms with Crippen LogP contribution in [0.5, 0.6) is 0 Å². The molecule has 2 heteroatoms. The predicted molar refractivity (Wildman–Crippen MR) is 106 cm³/mol. The zero-order valence-corrected chi connectivity index (χ0v) is 16.9. The number of hydrogen-bond donors (Lipinski definition) is 2. The molecule has 2 aliphatic rings. The third kappa shape index (κ3) is 5.46. The lowest BCUT2D eigenvalue weighted by Crippen LogP contribution is -2.39. The third-order valence-electron chi connectivity index (χ3n) is 6.43. The average molecular weight is 333 g/mol. The molecule has 138 valence electrons. The van der Waals surface area contributed by atoms with Gasteiger partial charge in [-0.1, -0.05) is 51.0 Å². The fraction of sp³-hybridized carbons (Fsp3) is 0.818. The third-order valence-corrected chi connectivity index (χ3v) is 6.43. The topological polar surface area (TPSA) is 24.1 Å². The Labute approximate surface area is 150 Å². The summed E-state index contributed by atoms with van der Waals surface area (Å²) in [6.45, 7) is 18.6. The number of rotatable bonds is 7. The van der Waals surface area contributed by atoms with Crippen LogP contribution in [0.2, 0.25) is 0 Å². The second kappa shape index (κ2) is 9.20. The van der Waals surface area contributed by atoms with E-state index in [0.29, 0.717) is 11.8 Å². The van der Waals surface area contributed by atoms with Crippen LogP contribution in [0.3, 0.4) is 0 Å². The molecule has 2 aliphatic carbocycles. The molecule has 0 radical (unpaired) electrons. The number of nitrogens with one attached hydrogen (secondary N) is 2. The minimum Gasteiger partial charge on any atom is -0.315 e. The first-order valence-electron chi connectivity index (χ1n) is 10.1. The molecule has 0 amide bonds. The molecule has 24 heavy (non-hydrogen) atoms. The van der Waals surface area contributed by atoms with Crippen LogP contribution >= 0.6 is 0 Å². The van der Waals surface area contributed by atoms with Crippen molar-refractivity contribution in [3.05, 3.63) is 23.3 Å². The molecule has 2 rings (SSSR count). The smallest absolute Gasteiger partial charge is 0.00768 e. The van der Waals surface area contributed by atoms with Gasteiger partial charge < -0.3 is 10.6 Å². The summed E-state index contributed by atoms with van der Waals surface area (Å²) in [5.74, 6) is 4.63. The van der Waals surface area contributed by atoms with Crippen LogP contribution in [0.4, 0.5) is 0 Å². The highest BCUT2D eigenvalue weighted by atomic mass is 14.9. The van der Waals surface area contributed by atoms with Gasteiger partial charge in [0.2, 0.25) is 0 Å². The van der Waals surface area contributed by atoms with Crippen molar-refractivity contribution in [3.63, 3.8) is 0 Å². The van der Waals surface area contributed by atoms with Crippen molar-refractivity contribution in [3.8, 4) is 0 Å². The van der Waals surface area contributed by atoms with Crippen LogP contribution in [0.25, 0.3) is 0 Å². The van der Waals surface area contributed by atoms with Crippen LogP contribution in [0.15, 0.2) is 23.3 Å². The molecule has 0 aromatic carbocycles. The van der Waals surface area contributed by atoms with E-state index >= 15 is 0 Å². The molecule has 0 saturated heterocycles. The highest BCUT2D eigenvalue weighted by Crippen LogP contribution is 2.33. The summed E-state index contributed by atoms with van der Waals surface area (Å²) < 4.78 is 0. The molecule has 0 aromatic rings. The fourth-order valence-electron chi connectivity index (χ4n) is 5.12. The summed E-state index contributed by atoms with van der Waals surface area (Å²) in [6, 6.07) is 0.